The summed E-state index contributed by atoms with van der Waals surface area (Å²) in [5.41, 5.74) is 1.20. The summed E-state index contributed by atoms with van der Waals surface area (Å²) in [6, 6.07) is 4.24. The number of anilines is 1. The van der Waals surface area contributed by atoms with Crippen molar-refractivity contribution in [2.75, 3.05) is 5.32 Å². The first kappa shape index (κ1) is 11.5. The molecular weight excluding hydrogens is 242 g/mol. The standard InChI is InChI=1S/C11H10ClN3O2/c1-6-5-13-11(14-6)15-10(17)7-2-3-9(16)8(12)4-7/h2-5,16H,1H3,(H2,13,14,15,17). The summed E-state index contributed by atoms with van der Waals surface area (Å²) in [7, 11) is 0. The maximum Gasteiger partial charge on any atom is 0.258 e. The van der Waals surface area contributed by atoms with Crippen molar-refractivity contribution < 1.29 is 9.90 Å². The molecule has 1 amide bonds. The number of amides is 1. The van der Waals surface area contributed by atoms with Gasteiger partial charge >= 0.3 is 0 Å². The lowest BCUT2D eigenvalue weighted by Gasteiger charge is -2.03. The number of benzene rings is 1. The van der Waals surface area contributed by atoms with Crippen LogP contribution in [0.2, 0.25) is 5.02 Å². The van der Waals surface area contributed by atoms with Crippen molar-refractivity contribution in [3.05, 3.63) is 40.7 Å². The van der Waals surface area contributed by atoms with Gasteiger partial charge in [0.05, 0.1) is 5.02 Å². The zero-order chi connectivity index (χ0) is 12.4. The molecular formula is C11H10ClN3O2. The second-order valence-corrected chi connectivity index (χ2v) is 3.94. The number of hydrogen-bond acceptors (Lipinski definition) is 3. The van der Waals surface area contributed by atoms with E-state index in [-0.39, 0.29) is 16.7 Å². The molecule has 0 aliphatic heterocycles. The van der Waals surface area contributed by atoms with Crippen molar-refractivity contribution in [2.45, 2.75) is 6.92 Å². The fourth-order valence-electron chi connectivity index (χ4n) is 1.30. The highest BCUT2D eigenvalue weighted by molar-refractivity contribution is 6.32. The molecule has 3 N–H and O–H groups in total. The highest BCUT2D eigenvalue weighted by Gasteiger charge is 2.09. The average molecular weight is 252 g/mol. The molecule has 0 atom stereocenters. The Hall–Kier alpha value is -2.01. The van der Waals surface area contributed by atoms with E-state index >= 15 is 0 Å². The van der Waals surface area contributed by atoms with Crippen LogP contribution in [0.1, 0.15) is 16.1 Å². The Balaban J connectivity index is 2.17. The largest absolute Gasteiger partial charge is 0.506 e. The smallest absolute Gasteiger partial charge is 0.258 e. The number of H-pyrrole nitrogens is 1. The lowest BCUT2D eigenvalue weighted by molar-refractivity contribution is 0.102. The Morgan fingerprint density at radius 3 is 2.88 bits per heavy atom. The molecule has 0 saturated heterocycles. The number of aryl methyl sites for hydroxylation is 1. The van der Waals surface area contributed by atoms with Gasteiger partial charge in [-0.3, -0.25) is 10.1 Å². The second kappa shape index (κ2) is 4.47. The lowest BCUT2D eigenvalue weighted by atomic mass is 10.2. The summed E-state index contributed by atoms with van der Waals surface area (Å²) in [6.07, 6.45) is 1.61. The Morgan fingerprint density at radius 2 is 2.29 bits per heavy atom. The average Bonchev–Trinajstić information content (AvgIpc) is 2.68. The zero-order valence-corrected chi connectivity index (χ0v) is 9.75. The topological polar surface area (TPSA) is 78.0 Å². The molecule has 1 aromatic heterocycles. The normalized spacial score (nSPS) is 10.2. The van der Waals surface area contributed by atoms with E-state index in [1.807, 2.05) is 6.92 Å². The maximum absolute atomic E-state index is 11.8. The number of hydrogen-bond donors (Lipinski definition) is 3. The van der Waals surface area contributed by atoms with Gasteiger partial charge in [-0.1, -0.05) is 11.6 Å². The van der Waals surface area contributed by atoms with E-state index in [0.29, 0.717) is 11.5 Å². The van der Waals surface area contributed by atoms with E-state index in [9.17, 15) is 9.90 Å². The number of phenols is 1. The summed E-state index contributed by atoms with van der Waals surface area (Å²) in [6.45, 7) is 1.83. The third-order valence-corrected chi connectivity index (χ3v) is 2.45. The Kier molecular flexibility index (Phi) is 3.01. The van der Waals surface area contributed by atoms with Crippen molar-refractivity contribution in [1.29, 1.82) is 0 Å². The molecule has 2 rings (SSSR count). The van der Waals surface area contributed by atoms with Gasteiger partial charge in [0.15, 0.2) is 0 Å². The van der Waals surface area contributed by atoms with Gasteiger partial charge in [0.2, 0.25) is 5.95 Å². The van der Waals surface area contributed by atoms with Crippen LogP contribution in [0.4, 0.5) is 5.95 Å². The second-order valence-electron chi connectivity index (χ2n) is 3.54. The number of nitrogens with zero attached hydrogens (tertiary/aromatic N) is 1. The van der Waals surface area contributed by atoms with Crippen LogP contribution in [0.15, 0.2) is 24.4 Å². The van der Waals surface area contributed by atoms with Crippen LogP contribution >= 0.6 is 11.6 Å². The monoisotopic (exact) mass is 251 g/mol. The number of imidazole rings is 1. The first-order chi connectivity index (χ1) is 8.06. The van der Waals surface area contributed by atoms with Gasteiger partial charge < -0.3 is 10.1 Å². The molecule has 6 heteroatoms. The fraction of sp³-hybridized carbons (Fsp3) is 0.0909. The van der Waals surface area contributed by atoms with Crippen molar-refractivity contribution in [3.8, 4) is 5.75 Å². The first-order valence-corrected chi connectivity index (χ1v) is 5.25. The van der Waals surface area contributed by atoms with E-state index in [4.69, 9.17) is 11.6 Å². The Bertz CT molecular complexity index is 566. The minimum Gasteiger partial charge on any atom is -0.506 e. The first-order valence-electron chi connectivity index (χ1n) is 4.88. The minimum absolute atomic E-state index is 0.0583. The van der Waals surface area contributed by atoms with Crippen LogP contribution < -0.4 is 5.32 Å². The number of carbonyl (C=O) groups is 1. The molecule has 0 fully saturated rings. The van der Waals surface area contributed by atoms with Gasteiger partial charge in [-0.15, -0.1) is 0 Å². The number of halogens is 1. The van der Waals surface area contributed by atoms with E-state index in [1.54, 1.807) is 6.20 Å². The van der Waals surface area contributed by atoms with E-state index in [0.717, 1.165) is 5.69 Å². The minimum atomic E-state index is -0.346. The predicted molar refractivity (Wildman–Crippen MR) is 64.4 cm³/mol. The van der Waals surface area contributed by atoms with Gasteiger partial charge in [0.25, 0.3) is 5.91 Å². The molecule has 88 valence electrons. The lowest BCUT2D eigenvalue weighted by Crippen LogP contribution is -2.12. The van der Waals surface area contributed by atoms with E-state index in [2.05, 4.69) is 15.3 Å². The molecule has 0 bridgehead atoms. The van der Waals surface area contributed by atoms with Crippen molar-refractivity contribution in [1.82, 2.24) is 9.97 Å². The molecule has 2 aromatic rings. The third kappa shape index (κ3) is 2.57. The molecule has 0 radical (unpaired) electrons. The number of phenolic OH excluding ortho intramolecular Hbond substituents is 1. The summed E-state index contributed by atoms with van der Waals surface area (Å²) < 4.78 is 0. The molecule has 1 aromatic carbocycles. The van der Waals surface area contributed by atoms with Crippen LogP contribution in [0.3, 0.4) is 0 Å². The number of rotatable bonds is 2. The molecule has 17 heavy (non-hydrogen) atoms. The molecule has 0 saturated carbocycles. The number of aromatic nitrogens is 2. The fourth-order valence-corrected chi connectivity index (χ4v) is 1.48. The van der Waals surface area contributed by atoms with Crippen LogP contribution in [0, 0.1) is 6.92 Å². The van der Waals surface area contributed by atoms with Crippen LogP contribution in [0.5, 0.6) is 5.75 Å². The molecule has 5 nitrogen and oxygen atoms in total. The van der Waals surface area contributed by atoms with Crippen molar-refractivity contribution >= 4 is 23.5 Å². The van der Waals surface area contributed by atoms with Crippen LogP contribution in [-0.2, 0) is 0 Å². The van der Waals surface area contributed by atoms with Gasteiger partial charge in [-0.05, 0) is 25.1 Å². The van der Waals surface area contributed by atoms with Crippen molar-refractivity contribution in [2.24, 2.45) is 0 Å². The highest BCUT2D eigenvalue weighted by Crippen LogP contribution is 2.23. The molecule has 0 aliphatic rings. The number of carbonyl (C=O) groups excluding carboxylic acids is 1. The number of nitrogens with one attached hydrogen (secondary N) is 2. The summed E-state index contributed by atoms with van der Waals surface area (Å²) in [5, 5.41) is 11.9. The van der Waals surface area contributed by atoms with Crippen molar-refractivity contribution in [3.63, 3.8) is 0 Å². The number of aromatic amines is 1. The Morgan fingerprint density at radius 1 is 1.53 bits per heavy atom. The highest BCUT2D eigenvalue weighted by atomic mass is 35.5. The molecule has 0 unspecified atom stereocenters. The van der Waals surface area contributed by atoms with Gasteiger partial charge in [-0.25, -0.2) is 4.98 Å². The summed E-state index contributed by atoms with van der Waals surface area (Å²) >= 11 is 5.71. The molecule has 1 heterocycles. The van der Waals surface area contributed by atoms with Gasteiger partial charge in [-0.2, -0.15) is 0 Å². The molecule has 0 aliphatic carbocycles. The maximum atomic E-state index is 11.8. The Labute approximate surface area is 102 Å². The summed E-state index contributed by atoms with van der Waals surface area (Å²) in [5.74, 6) is -0.0324. The van der Waals surface area contributed by atoms with Crippen LogP contribution in [-0.4, -0.2) is 21.0 Å². The number of aromatic hydroxyl groups is 1. The van der Waals surface area contributed by atoms with Gasteiger partial charge in [0.1, 0.15) is 5.75 Å². The summed E-state index contributed by atoms with van der Waals surface area (Å²) in [4.78, 5) is 18.6. The molecule has 0 spiro atoms. The SMILES string of the molecule is Cc1cnc(NC(=O)c2ccc(O)c(Cl)c2)[nH]1. The van der Waals surface area contributed by atoms with Crippen LogP contribution in [0.25, 0.3) is 0 Å². The zero-order valence-electron chi connectivity index (χ0n) is 8.99. The van der Waals surface area contributed by atoms with E-state index in [1.165, 1.54) is 18.2 Å². The predicted octanol–water partition coefficient (Wildman–Crippen LogP) is 2.33. The van der Waals surface area contributed by atoms with Gasteiger partial charge in [0, 0.05) is 17.5 Å². The quantitative estimate of drug-likeness (QED) is 0.767. The van der Waals surface area contributed by atoms with E-state index < -0.39 is 0 Å². The third-order valence-electron chi connectivity index (χ3n) is 2.14.